The Morgan fingerprint density at radius 1 is 1.19 bits per heavy atom. The van der Waals surface area contributed by atoms with Crippen LogP contribution >= 0.6 is 11.6 Å². The summed E-state index contributed by atoms with van der Waals surface area (Å²) >= 11 is 6.29. The molecule has 8 nitrogen and oxygen atoms in total. The molecule has 4 rings (SSSR count). The number of hydrogen-bond acceptors (Lipinski definition) is 6. The predicted octanol–water partition coefficient (Wildman–Crippen LogP) is 7.12. The number of benzene rings is 1. The molecule has 9 heteroatoms. The van der Waals surface area contributed by atoms with E-state index < -0.39 is 11.9 Å². The average molecular weight is 528 g/mol. The van der Waals surface area contributed by atoms with Gasteiger partial charge in [0.1, 0.15) is 5.76 Å². The third-order valence-electron chi connectivity index (χ3n) is 6.58. The molecule has 0 unspecified atom stereocenters. The highest BCUT2D eigenvalue weighted by Crippen LogP contribution is 2.48. The van der Waals surface area contributed by atoms with Gasteiger partial charge in [0.2, 0.25) is 5.91 Å². The van der Waals surface area contributed by atoms with Crippen molar-refractivity contribution in [1.82, 2.24) is 10.3 Å². The summed E-state index contributed by atoms with van der Waals surface area (Å²) in [7, 11) is 0. The molecule has 0 aliphatic heterocycles. The Bertz CT molecular complexity index is 1270. The molecule has 1 saturated carbocycles. The van der Waals surface area contributed by atoms with E-state index in [9.17, 15) is 14.7 Å². The molecule has 1 aliphatic rings. The monoisotopic (exact) mass is 527 g/mol. The second-order valence-corrected chi connectivity index (χ2v) is 11.6. The van der Waals surface area contributed by atoms with E-state index in [0.717, 1.165) is 42.6 Å². The fourth-order valence-corrected chi connectivity index (χ4v) is 4.65. The number of halogens is 1. The third-order valence-corrected chi connectivity index (χ3v) is 6.89. The average Bonchev–Trinajstić information content (AvgIpc) is 3.37. The molecule has 1 fully saturated rings. The maximum atomic E-state index is 13.0. The summed E-state index contributed by atoms with van der Waals surface area (Å²) in [6, 6.07) is 7.29. The molecule has 37 heavy (non-hydrogen) atoms. The summed E-state index contributed by atoms with van der Waals surface area (Å²) < 4.78 is 11.4. The maximum absolute atomic E-state index is 13.0. The Balaban J connectivity index is 1.58. The maximum Gasteiger partial charge on any atom is 0.303 e. The molecule has 1 atom stereocenters. The van der Waals surface area contributed by atoms with Gasteiger partial charge in [-0.15, -0.1) is 0 Å². The van der Waals surface area contributed by atoms with Crippen LogP contribution in [0.1, 0.15) is 93.7 Å². The molecule has 2 N–H and O–H groups in total. The van der Waals surface area contributed by atoms with Crippen molar-refractivity contribution in [2.45, 2.75) is 84.5 Å². The molecule has 0 bridgehead atoms. The van der Waals surface area contributed by atoms with Gasteiger partial charge in [0.05, 0.1) is 16.4 Å². The second kappa shape index (κ2) is 11.1. The number of rotatable bonds is 11. The molecule has 0 spiro atoms. The summed E-state index contributed by atoms with van der Waals surface area (Å²) in [5, 5.41) is 21.2. The quantitative estimate of drug-likeness (QED) is 0.272. The van der Waals surface area contributed by atoms with Crippen LogP contribution in [0.25, 0.3) is 11.5 Å². The zero-order chi connectivity index (χ0) is 26.7. The Morgan fingerprint density at radius 3 is 2.59 bits per heavy atom. The van der Waals surface area contributed by atoms with Gasteiger partial charge in [-0.05, 0) is 61.6 Å². The van der Waals surface area contributed by atoms with Crippen LogP contribution in [-0.4, -0.2) is 27.3 Å². The van der Waals surface area contributed by atoms with Crippen molar-refractivity contribution in [2.75, 3.05) is 5.32 Å². The van der Waals surface area contributed by atoms with Crippen LogP contribution in [0.2, 0.25) is 5.02 Å². The van der Waals surface area contributed by atoms with Gasteiger partial charge in [-0.2, -0.15) is 0 Å². The number of aliphatic carboxylic acids is 1. The normalized spacial score (nSPS) is 14.5. The van der Waals surface area contributed by atoms with Crippen LogP contribution in [0, 0.1) is 12.3 Å². The lowest BCUT2D eigenvalue weighted by molar-refractivity contribution is -0.137. The highest BCUT2D eigenvalue weighted by molar-refractivity contribution is 6.33. The molecular formula is C28H34ClN3O5. The topological polar surface area (TPSA) is 118 Å². The van der Waals surface area contributed by atoms with Gasteiger partial charge in [0, 0.05) is 36.8 Å². The van der Waals surface area contributed by atoms with Gasteiger partial charge in [-0.3, -0.25) is 9.59 Å². The highest BCUT2D eigenvalue weighted by atomic mass is 35.5. The Labute approximate surface area is 221 Å². The lowest BCUT2D eigenvalue weighted by Gasteiger charge is -2.16. The lowest BCUT2D eigenvalue weighted by Crippen LogP contribution is -2.17. The number of carboxylic acids is 1. The largest absolute Gasteiger partial charge is 0.481 e. The van der Waals surface area contributed by atoms with E-state index in [1.54, 1.807) is 12.1 Å². The van der Waals surface area contributed by atoms with E-state index in [2.05, 4.69) is 36.4 Å². The molecule has 1 aliphatic carbocycles. The van der Waals surface area contributed by atoms with Crippen LogP contribution in [0.5, 0.6) is 0 Å². The standard InChI is InChI=1S/C28H34ClN3O5/c1-16-5-9-21(20(29)13-16)30-23(33)14-18(8-10-24(34)35)26-25(17-6-7-17)27(37-32-26)22-15-19(36-31-22)11-12-28(2,3)4/h5,9,13,15,17-18H,6-8,10-12,14H2,1-4H3,(H,30,33)(H,34,35)/t18-/m0/s1. The van der Waals surface area contributed by atoms with Crippen molar-refractivity contribution in [3.05, 3.63) is 51.9 Å². The number of nitrogens with one attached hydrogen (secondary N) is 1. The number of aryl methyl sites for hydroxylation is 2. The van der Waals surface area contributed by atoms with Crippen molar-refractivity contribution in [2.24, 2.45) is 5.41 Å². The zero-order valence-electron chi connectivity index (χ0n) is 21.8. The summed E-state index contributed by atoms with van der Waals surface area (Å²) in [5.41, 5.74) is 3.79. The number of nitrogens with zero attached hydrogens (tertiary/aromatic N) is 2. The first-order valence-corrected chi connectivity index (χ1v) is 13.1. The Hall–Kier alpha value is -3.13. The first-order chi connectivity index (χ1) is 17.5. The van der Waals surface area contributed by atoms with E-state index in [1.807, 2.05) is 19.1 Å². The first kappa shape index (κ1) is 26.9. The SMILES string of the molecule is Cc1ccc(NC(=O)C[C@H](CCC(=O)O)c2noc(-c3cc(CCC(C)(C)C)on3)c2C2CC2)c(Cl)c1. The first-order valence-electron chi connectivity index (χ1n) is 12.7. The van der Waals surface area contributed by atoms with Gasteiger partial charge in [0.25, 0.3) is 0 Å². The third kappa shape index (κ3) is 7.22. The van der Waals surface area contributed by atoms with Gasteiger partial charge >= 0.3 is 5.97 Å². The minimum Gasteiger partial charge on any atom is -0.481 e. The molecular weight excluding hydrogens is 494 g/mol. The summed E-state index contributed by atoms with van der Waals surface area (Å²) in [6.07, 6.45) is 3.90. The highest BCUT2D eigenvalue weighted by Gasteiger charge is 2.37. The summed E-state index contributed by atoms with van der Waals surface area (Å²) in [5.74, 6) is -0.0532. The van der Waals surface area contributed by atoms with Crippen LogP contribution < -0.4 is 5.32 Å². The molecule has 3 aromatic rings. The van der Waals surface area contributed by atoms with Crippen LogP contribution in [0.4, 0.5) is 5.69 Å². The number of carbonyl (C=O) groups excluding carboxylic acids is 1. The fourth-order valence-electron chi connectivity index (χ4n) is 4.37. The van der Waals surface area contributed by atoms with Crippen molar-refractivity contribution in [3.63, 3.8) is 0 Å². The van der Waals surface area contributed by atoms with Crippen molar-refractivity contribution < 1.29 is 23.7 Å². The molecule has 0 radical (unpaired) electrons. The van der Waals surface area contributed by atoms with Gasteiger partial charge in [0.15, 0.2) is 11.5 Å². The second-order valence-electron chi connectivity index (χ2n) is 11.2. The number of carboxylic acid groups (broad SMARTS) is 1. The van der Waals surface area contributed by atoms with E-state index in [4.69, 9.17) is 20.6 Å². The fraction of sp³-hybridized carbons (Fsp3) is 0.500. The van der Waals surface area contributed by atoms with Crippen molar-refractivity contribution in [3.8, 4) is 11.5 Å². The van der Waals surface area contributed by atoms with E-state index in [1.165, 1.54) is 0 Å². The van der Waals surface area contributed by atoms with Crippen molar-refractivity contribution >= 4 is 29.2 Å². The predicted molar refractivity (Wildman–Crippen MR) is 141 cm³/mol. The Morgan fingerprint density at radius 2 is 1.95 bits per heavy atom. The van der Waals surface area contributed by atoms with Crippen LogP contribution in [0.3, 0.4) is 0 Å². The van der Waals surface area contributed by atoms with E-state index >= 15 is 0 Å². The molecule has 2 heterocycles. The summed E-state index contributed by atoms with van der Waals surface area (Å²) in [4.78, 5) is 24.4. The smallest absolute Gasteiger partial charge is 0.303 e. The van der Waals surface area contributed by atoms with E-state index in [-0.39, 0.29) is 36.5 Å². The number of hydrogen-bond donors (Lipinski definition) is 2. The number of aromatic nitrogens is 2. The number of anilines is 1. The van der Waals surface area contributed by atoms with Crippen LogP contribution in [0.15, 0.2) is 33.3 Å². The van der Waals surface area contributed by atoms with Crippen LogP contribution in [-0.2, 0) is 16.0 Å². The zero-order valence-corrected chi connectivity index (χ0v) is 22.5. The molecule has 0 saturated heterocycles. The van der Waals surface area contributed by atoms with E-state index in [0.29, 0.717) is 27.9 Å². The van der Waals surface area contributed by atoms with Gasteiger partial charge in [-0.1, -0.05) is 48.8 Å². The van der Waals surface area contributed by atoms with Gasteiger partial charge in [-0.25, -0.2) is 0 Å². The minimum atomic E-state index is -0.927. The van der Waals surface area contributed by atoms with Crippen molar-refractivity contribution in [1.29, 1.82) is 0 Å². The summed E-state index contributed by atoms with van der Waals surface area (Å²) in [6.45, 7) is 8.46. The molecule has 198 valence electrons. The van der Waals surface area contributed by atoms with Gasteiger partial charge < -0.3 is 19.5 Å². The molecule has 2 aromatic heterocycles. The Kier molecular flexibility index (Phi) is 8.07. The minimum absolute atomic E-state index is 0.0544. The lowest BCUT2D eigenvalue weighted by atomic mass is 9.89. The molecule has 1 amide bonds. The number of amides is 1. The molecule has 1 aromatic carbocycles. The number of carbonyl (C=O) groups is 2.